The lowest BCUT2D eigenvalue weighted by atomic mass is 10.3. The van der Waals surface area contributed by atoms with Crippen LogP contribution in [0.1, 0.15) is 0 Å². The van der Waals surface area contributed by atoms with Crippen molar-refractivity contribution in [2.45, 2.75) is 5.16 Å². The molecular formula is C13H16N6OS. The minimum Gasteiger partial charge on any atom is -0.369 e. The molecule has 0 saturated carbocycles. The van der Waals surface area contributed by atoms with E-state index in [2.05, 4.69) is 20.3 Å². The lowest BCUT2D eigenvalue weighted by Crippen LogP contribution is -2.16. The smallest absolute Gasteiger partial charge is 0.233 e. The van der Waals surface area contributed by atoms with Crippen molar-refractivity contribution in [3.05, 3.63) is 30.3 Å². The lowest BCUT2D eigenvalue weighted by Gasteiger charge is -2.13. The van der Waals surface area contributed by atoms with Gasteiger partial charge in [0.15, 0.2) is 5.16 Å². The number of carbonyl (C=O) groups excluding carboxylic acids is 1. The molecule has 0 aliphatic rings. The summed E-state index contributed by atoms with van der Waals surface area (Å²) in [5.41, 5.74) is 6.02. The van der Waals surface area contributed by atoms with Crippen LogP contribution in [0.15, 0.2) is 35.5 Å². The summed E-state index contributed by atoms with van der Waals surface area (Å²) in [4.78, 5) is 25.5. The van der Waals surface area contributed by atoms with Gasteiger partial charge in [0.1, 0.15) is 0 Å². The van der Waals surface area contributed by atoms with E-state index in [1.807, 2.05) is 44.4 Å². The number of thioether (sulfide) groups is 1. The van der Waals surface area contributed by atoms with Gasteiger partial charge in [0.2, 0.25) is 17.8 Å². The summed E-state index contributed by atoms with van der Waals surface area (Å²) < 4.78 is 0. The fraction of sp³-hybridized carbons (Fsp3) is 0.231. The quantitative estimate of drug-likeness (QED) is 0.775. The van der Waals surface area contributed by atoms with E-state index in [1.54, 1.807) is 4.90 Å². The summed E-state index contributed by atoms with van der Waals surface area (Å²) in [6.45, 7) is 0. The Balaban J connectivity index is 2.24. The van der Waals surface area contributed by atoms with Crippen molar-refractivity contribution >= 4 is 35.3 Å². The van der Waals surface area contributed by atoms with E-state index in [0.717, 1.165) is 5.69 Å². The van der Waals surface area contributed by atoms with Crippen LogP contribution in [-0.4, -0.2) is 40.7 Å². The van der Waals surface area contributed by atoms with Gasteiger partial charge in [0.25, 0.3) is 0 Å². The zero-order valence-corrected chi connectivity index (χ0v) is 12.6. The minimum atomic E-state index is -0.413. The van der Waals surface area contributed by atoms with E-state index in [1.165, 1.54) is 11.8 Å². The molecule has 1 amide bonds. The molecule has 3 N–H and O–H groups in total. The van der Waals surface area contributed by atoms with Gasteiger partial charge < -0.3 is 16.0 Å². The Hall–Kier alpha value is -2.35. The molecule has 2 aromatic rings. The zero-order chi connectivity index (χ0) is 15.2. The zero-order valence-electron chi connectivity index (χ0n) is 11.8. The fourth-order valence-corrected chi connectivity index (χ4v) is 2.02. The van der Waals surface area contributed by atoms with Gasteiger partial charge in [-0.05, 0) is 12.1 Å². The summed E-state index contributed by atoms with van der Waals surface area (Å²) in [7, 11) is 3.67. The summed E-state index contributed by atoms with van der Waals surface area (Å²) in [6, 6.07) is 9.58. The van der Waals surface area contributed by atoms with Gasteiger partial charge in [-0.2, -0.15) is 15.0 Å². The van der Waals surface area contributed by atoms with Gasteiger partial charge in [-0.15, -0.1) is 0 Å². The van der Waals surface area contributed by atoms with Crippen LogP contribution in [0.3, 0.4) is 0 Å². The summed E-state index contributed by atoms with van der Waals surface area (Å²) in [5.74, 6) is 0.647. The Morgan fingerprint density at radius 1 is 1.24 bits per heavy atom. The monoisotopic (exact) mass is 304 g/mol. The molecule has 7 nitrogen and oxygen atoms in total. The maximum atomic E-state index is 10.9. The number of anilines is 3. The molecule has 1 aromatic heterocycles. The first kappa shape index (κ1) is 15.0. The first-order chi connectivity index (χ1) is 10.0. The molecule has 0 radical (unpaired) electrons. The van der Waals surface area contributed by atoms with Crippen LogP contribution in [0.5, 0.6) is 0 Å². The van der Waals surface area contributed by atoms with Gasteiger partial charge >= 0.3 is 0 Å². The van der Waals surface area contributed by atoms with E-state index in [9.17, 15) is 4.79 Å². The predicted octanol–water partition coefficient (Wildman–Crippen LogP) is 1.26. The van der Waals surface area contributed by atoms with Crippen LogP contribution in [-0.2, 0) is 4.79 Å². The topological polar surface area (TPSA) is 97.0 Å². The van der Waals surface area contributed by atoms with Gasteiger partial charge in [-0.1, -0.05) is 30.0 Å². The van der Waals surface area contributed by atoms with Gasteiger partial charge in [0, 0.05) is 19.8 Å². The number of primary amides is 1. The fourth-order valence-electron chi connectivity index (χ4n) is 1.45. The SMILES string of the molecule is CN(C)c1nc(Nc2ccccc2)nc(SCC(N)=O)n1. The lowest BCUT2D eigenvalue weighted by molar-refractivity contribution is -0.115. The minimum absolute atomic E-state index is 0.127. The summed E-state index contributed by atoms with van der Waals surface area (Å²) in [6.07, 6.45) is 0. The van der Waals surface area contributed by atoms with Crippen molar-refractivity contribution in [2.24, 2.45) is 5.73 Å². The number of nitrogens with two attached hydrogens (primary N) is 1. The number of nitrogens with one attached hydrogen (secondary N) is 1. The molecule has 0 atom stereocenters. The number of nitrogens with zero attached hydrogens (tertiary/aromatic N) is 4. The molecule has 21 heavy (non-hydrogen) atoms. The molecule has 0 bridgehead atoms. The van der Waals surface area contributed by atoms with Gasteiger partial charge in [-0.25, -0.2) is 0 Å². The largest absolute Gasteiger partial charge is 0.369 e. The Morgan fingerprint density at radius 3 is 2.57 bits per heavy atom. The van der Waals surface area contributed by atoms with Crippen LogP contribution in [0.2, 0.25) is 0 Å². The van der Waals surface area contributed by atoms with E-state index in [4.69, 9.17) is 5.73 Å². The van der Waals surface area contributed by atoms with E-state index >= 15 is 0 Å². The third-order valence-electron chi connectivity index (χ3n) is 2.38. The van der Waals surface area contributed by atoms with Gasteiger partial charge in [-0.3, -0.25) is 4.79 Å². The van der Waals surface area contributed by atoms with Crippen molar-refractivity contribution in [3.63, 3.8) is 0 Å². The molecule has 0 aliphatic heterocycles. The van der Waals surface area contributed by atoms with Crippen molar-refractivity contribution in [1.82, 2.24) is 15.0 Å². The summed E-state index contributed by atoms with van der Waals surface area (Å²) >= 11 is 1.18. The molecule has 8 heteroatoms. The van der Waals surface area contributed by atoms with Crippen molar-refractivity contribution in [3.8, 4) is 0 Å². The number of aromatic nitrogens is 3. The number of hydrogen-bond donors (Lipinski definition) is 2. The predicted molar refractivity (Wildman–Crippen MR) is 83.8 cm³/mol. The maximum Gasteiger partial charge on any atom is 0.233 e. The third kappa shape index (κ3) is 4.60. The maximum absolute atomic E-state index is 10.9. The molecule has 0 fully saturated rings. The number of rotatable bonds is 6. The van der Waals surface area contributed by atoms with E-state index < -0.39 is 5.91 Å². The highest BCUT2D eigenvalue weighted by Gasteiger charge is 2.10. The molecule has 0 saturated heterocycles. The second kappa shape index (κ2) is 6.89. The molecule has 0 spiro atoms. The highest BCUT2D eigenvalue weighted by atomic mass is 32.2. The Kier molecular flexibility index (Phi) is 4.94. The van der Waals surface area contributed by atoms with E-state index in [-0.39, 0.29) is 5.75 Å². The summed E-state index contributed by atoms with van der Waals surface area (Å²) in [5, 5.41) is 3.56. The van der Waals surface area contributed by atoms with Crippen molar-refractivity contribution < 1.29 is 4.79 Å². The first-order valence-corrected chi connectivity index (χ1v) is 7.20. The van der Waals surface area contributed by atoms with Crippen LogP contribution in [0.4, 0.5) is 17.6 Å². The number of carbonyl (C=O) groups is 1. The molecule has 1 heterocycles. The average Bonchev–Trinajstić information content (AvgIpc) is 2.46. The molecule has 0 aliphatic carbocycles. The van der Waals surface area contributed by atoms with Crippen molar-refractivity contribution in [2.75, 3.05) is 30.1 Å². The average molecular weight is 304 g/mol. The number of hydrogen-bond acceptors (Lipinski definition) is 7. The molecule has 1 aromatic carbocycles. The molecule has 110 valence electrons. The van der Waals surface area contributed by atoms with Crippen LogP contribution in [0.25, 0.3) is 0 Å². The Bertz CT molecular complexity index is 619. The molecule has 0 unspecified atom stereocenters. The Labute approximate surface area is 127 Å². The van der Waals surface area contributed by atoms with Crippen molar-refractivity contribution in [1.29, 1.82) is 0 Å². The number of para-hydroxylation sites is 1. The normalized spacial score (nSPS) is 10.2. The standard InChI is InChI=1S/C13H16N6OS/c1-19(2)12-16-11(15-9-6-4-3-5-7-9)17-13(18-12)21-8-10(14)20/h3-7H,8H2,1-2H3,(H2,14,20)(H,15,16,17,18). The second-order valence-corrected chi connectivity index (χ2v) is 5.32. The highest BCUT2D eigenvalue weighted by Crippen LogP contribution is 2.19. The van der Waals surface area contributed by atoms with Crippen LogP contribution < -0.4 is 16.0 Å². The van der Waals surface area contributed by atoms with E-state index in [0.29, 0.717) is 17.1 Å². The Morgan fingerprint density at radius 2 is 1.95 bits per heavy atom. The molecular weight excluding hydrogens is 288 g/mol. The van der Waals surface area contributed by atoms with Crippen LogP contribution >= 0.6 is 11.8 Å². The first-order valence-electron chi connectivity index (χ1n) is 6.21. The number of amides is 1. The van der Waals surface area contributed by atoms with Crippen LogP contribution in [0, 0.1) is 0 Å². The number of benzene rings is 1. The third-order valence-corrected chi connectivity index (χ3v) is 3.25. The molecule has 2 rings (SSSR count). The highest BCUT2D eigenvalue weighted by molar-refractivity contribution is 7.99. The van der Waals surface area contributed by atoms with Gasteiger partial charge in [0.05, 0.1) is 5.75 Å². The second-order valence-electron chi connectivity index (χ2n) is 4.38.